The van der Waals surface area contributed by atoms with Crippen LogP contribution in [-0.2, 0) is 21.4 Å². The van der Waals surface area contributed by atoms with Crippen molar-refractivity contribution in [2.24, 2.45) is 18.9 Å². The highest BCUT2D eigenvalue weighted by Gasteiger charge is 2.51. The van der Waals surface area contributed by atoms with Gasteiger partial charge in [0.2, 0.25) is 5.91 Å². The van der Waals surface area contributed by atoms with Crippen LogP contribution in [0, 0.1) is 11.8 Å². The van der Waals surface area contributed by atoms with Gasteiger partial charge in [0.25, 0.3) is 0 Å². The van der Waals surface area contributed by atoms with Crippen LogP contribution in [0.4, 0.5) is 0 Å². The molecule has 27 heavy (non-hydrogen) atoms. The molecule has 1 aliphatic heterocycles. The van der Waals surface area contributed by atoms with Crippen LogP contribution < -0.4 is 0 Å². The van der Waals surface area contributed by atoms with Crippen LogP contribution in [0.25, 0.3) is 10.9 Å². The van der Waals surface area contributed by atoms with Gasteiger partial charge in [-0.25, -0.2) is 0 Å². The molecule has 0 spiro atoms. The monoisotopic (exact) mass is 388 g/mol. The molecule has 0 saturated carbocycles. The second kappa shape index (κ2) is 6.86. The van der Waals surface area contributed by atoms with Crippen LogP contribution in [0.5, 0.6) is 0 Å². The third-order valence-corrected chi connectivity index (χ3v) is 6.80. The Labute approximate surface area is 164 Å². The molecule has 0 radical (unpaired) electrons. The number of carbonyl (C=O) groups excluding carboxylic acids is 2. The first-order valence-electron chi connectivity index (χ1n) is 9.53. The van der Waals surface area contributed by atoms with Gasteiger partial charge in [-0.1, -0.05) is 31.5 Å². The molecule has 2 heterocycles. The van der Waals surface area contributed by atoms with Gasteiger partial charge in [-0.3, -0.25) is 9.59 Å². The standard InChI is InChI=1S/C21H25ClN2O3/c1-4-12-11-24(17(25)10-22)16-9-14(12)19(21(26)27-3)18-13-7-5-6-8-15(13)23(2)20(16)18/h5-8,12,14,16,19H,4,9-11H2,1-3H3/t12-,14+,16+,19+/m0/s1. The Kier molecular flexibility index (Phi) is 4.66. The molecule has 1 saturated heterocycles. The van der Waals surface area contributed by atoms with E-state index in [1.54, 1.807) is 0 Å². The lowest BCUT2D eigenvalue weighted by atomic mass is 9.65. The van der Waals surface area contributed by atoms with E-state index in [1.165, 1.54) is 7.11 Å². The number of hydrogen-bond donors (Lipinski definition) is 0. The number of methoxy groups -OCH3 is 1. The molecule has 1 aromatic heterocycles. The Balaban J connectivity index is 2.00. The van der Waals surface area contributed by atoms with Crippen LogP contribution in [0.15, 0.2) is 24.3 Å². The number of ether oxygens (including phenoxy) is 1. The molecule has 1 aromatic carbocycles. The largest absolute Gasteiger partial charge is 0.469 e. The van der Waals surface area contributed by atoms with Crippen LogP contribution >= 0.6 is 11.6 Å². The number of rotatable bonds is 3. The van der Waals surface area contributed by atoms with E-state index in [2.05, 4.69) is 23.6 Å². The van der Waals surface area contributed by atoms with E-state index in [0.29, 0.717) is 6.54 Å². The summed E-state index contributed by atoms with van der Waals surface area (Å²) in [6.45, 7) is 2.77. The third kappa shape index (κ3) is 2.59. The van der Waals surface area contributed by atoms with Gasteiger partial charge < -0.3 is 14.2 Å². The maximum atomic E-state index is 12.9. The highest BCUT2D eigenvalue weighted by atomic mass is 35.5. The molecule has 1 fully saturated rings. The predicted octanol–water partition coefficient (Wildman–Crippen LogP) is 3.60. The number of carbonyl (C=O) groups is 2. The van der Waals surface area contributed by atoms with Crippen molar-refractivity contribution < 1.29 is 14.3 Å². The molecule has 2 aromatic rings. The zero-order valence-corrected chi connectivity index (χ0v) is 16.7. The SMILES string of the molecule is CC[C@H]1CN(C(=O)CCl)[C@@H]2C[C@H]1[C@@H](C(=O)OC)c1c2n(C)c2ccccc12. The van der Waals surface area contributed by atoms with Crippen molar-refractivity contribution in [1.82, 2.24) is 9.47 Å². The normalized spacial score (nSPS) is 26.7. The Morgan fingerprint density at radius 1 is 1.30 bits per heavy atom. The first kappa shape index (κ1) is 18.4. The van der Waals surface area contributed by atoms with Gasteiger partial charge in [0, 0.05) is 30.2 Å². The zero-order valence-electron chi connectivity index (χ0n) is 15.9. The van der Waals surface area contributed by atoms with Gasteiger partial charge in [-0.05, 0) is 29.9 Å². The molecule has 0 N–H and O–H groups in total. The maximum absolute atomic E-state index is 12.9. The number of nitrogens with zero attached hydrogens (tertiary/aromatic N) is 2. The fourth-order valence-electron chi connectivity index (χ4n) is 5.35. The summed E-state index contributed by atoms with van der Waals surface area (Å²) in [6, 6.07) is 8.10. The second-order valence-electron chi connectivity index (χ2n) is 7.64. The minimum absolute atomic E-state index is 0.0166. The number of aryl methyl sites for hydroxylation is 1. The number of para-hydroxylation sites is 1. The number of fused-ring (bicyclic) bond motifs is 6. The van der Waals surface area contributed by atoms with Crippen molar-refractivity contribution in [2.75, 3.05) is 19.5 Å². The lowest BCUT2D eigenvalue weighted by molar-refractivity contribution is -0.147. The van der Waals surface area contributed by atoms with Gasteiger partial charge >= 0.3 is 5.97 Å². The fourth-order valence-corrected chi connectivity index (χ4v) is 5.50. The third-order valence-electron chi connectivity index (χ3n) is 6.57. The molecule has 6 heteroatoms. The lowest BCUT2D eigenvalue weighted by Gasteiger charge is -2.49. The Bertz CT molecular complexity index is 906. The quantitative estimate of drug-likeness (QED) is 0.596. The minimum atomic E-state index is -0.287. The summed E-state index contributed by atoms with van der Waals surface area (Å²) in [5, 5.41) is 1.08. The van der Waals surface area contributed by atoms with Gasteiger partial charge in [0.15, 0.2) is 0 Å². The van der Waals surface area contributed by atoms with Gasteiger partial charge in [0.1, 0.15) is 5.88 Å². The maximum Gasteiger partial charge on any atom is 0.313 e. The summed E-state index contributed by atoms with van der Waals surface area (Å²) < 4.78 is 7.38. The molecule has 1 aliphatic carbocycles. The molecule has 144 valence electrons. The number of amides is 1. The second-order valence-corrected chi connectivity index (χ2v) is 7.91. The van der Waals surface area contributed by atoms with Crippen molar-refractivity contribution in [3.05, 3.63) is 35.5 Å². The van der Waals surface area contributed by atoms with E-state index in [0.717, 1.165) is 35.0 Å². The molecular weight excluding hydrogens is 364 g/mol. The van der Waals surface area contributed by atoms with Gasteiger partial charge in [-0.2, -0.15) is 0 Å². The highest BCUT2D eigenvalue weighted by molar-refractivity contribution is 6.27. The molecule has 4 rings (SSSR count). The van der Waals surface area contributed by atoms with E-state index in [4.69, 9.17) is 16.3 Å². The molecular formula is C21H25ClN2O3. The summed E-state index contributed by atoms with van der Waals surface area (Å²) >= 11 is 5.93. The van der Waals surface area contributed by atoms with Gasteiger partial charge in [-0.15, -0.1) is 11.6 Å². The van der Waals surface area contributed by atoms with Gasteiger partial charge in [0.05, 0.1) is 19.1 Å². The highest BCUT2D eigenvalue weighted by Crippen LogP contribution is 2.54. The van der Waals surface area contributed by atoms with E-state index >= 15 is 0 Å². The van der Waals surface area contributed by atoms with Crippen molar-refractivity contribution in [2.45, 2.75) is 31.7 Å². The van der Waals surface area contributed by atoms with E-state index < -0.39 is 0 Å². The smallest absolute Gasteiger partial charge is 0.313 e. The van der Waals surface area contributed by atoms with Crippen molar-refractivity contribution in [3.63, 3.8) is 0 Å². The summed E-state index contributed by atoms with van der Waals surface area (Å²) in [6.07, 6.45) is 1.69. The molecule has 0 unspecified atom stereocenters. The van der Waals surface area contributed by atoms with Crippen molar-refractivity contribution in [1.29, 1.82) is 0 Å². The first-order valence-corrected chi connectivity index (χ1v) is 10.1. The predicted molar refractivity (Wildman–Crippen MR) is 105 cm³/mol. The number of aromatic nitrogens is 1. The number of benzene rings is 1. The summed E-state index contributed by atoms with van der Waals surface area (Å²) in [4.78, 5) is 27.4. The van der Waals surface area contributed by atoms with Crippen LogP contribution in [-0.4, -0.2) is 40.9 Å². The van der Waals surface area contributed by atoms with E-state index in [9.17, 15) is 9.59 Å². The number of piperidine rings is 1. The Hall–Kier alpha value is -2.01. The fraction of sp³-hybridized carbons (Fsp3) is 0.524. The average molecular weight is 389 g/mol. The van der Waals surface area contributed by atoms with Crippen LogP contribution in [0.2, 0.25) is 0 Å². The number of likely N-dealkylation sites (tertiary alicyclic amines) is 1. The lowest BCUT2D eigenvalue weighted by Crippen LogP contribution is -2.51. The van der Waals surface area contributed by atoms with Crippen LogP contribution in [0.1, 0.15) is 43.0 Å². The van der Waals surface area contributed by atoms with Crippen LogP contribution in [0.3, 0.4) is 0 Å². The Morgan fingerprint density at radius 2 is 2.04 bits per heavy atom. The first-order chi connectivity index (χ1) is 13.0. The number of esters is 1. The molecule has 2 bridgehead atoms. The number of alkyl halides is 1. The zero-order chi connectivity index (χ0) is 19.3. The Morgan fingerprint density at radius 3 is 2.70 bits per heavy atom. The van der Waals surface area contributed by atoms with E-state index in [1.807, 2.05) is 24.1 Å². The molecule has 2 aliphatic rings. The summed E-state index contributed by atoms with van der Waals surface area (Å²) in [7, 11) is 3.48. The summed E-state index contributed by atoms with van der Waals surface area (Å²) in [5.74, 6) is -0.0876. The van der Waals surface area contributed by atoms with Crippen molar-refractivity contribution >= 4 is 34.4 Å². The topological polar surface area (TPSA) is 51.5 Å². The van der Waals surface area contributed by atoms with Crippen molar-refractivity contribution in [3.8, 4) is 0 Å². The average Bonchev–Trinajstić information content (AvgIpc) is 3.00. The van der Waals surface area contributed by atoms with E-state index in [-0.39, 0.29) is 41.6 Å². The summed E-state index contributed by atoms with van der Waals surface area (Å²) in [5.41, 5.74) is 3.16. The minimum Gasteiger partial charge on any atom is -0.469 e. The molecule has 4 atom stereocenters. The molecule has 5 nitrogen and oxygen atoms in total. The number of halogens is 1. The number of hydrogen-bond acceptors (Lipinski definition) is 3. The molecule has 1 amide bonds.